The van der Waals surface area contributed by atoms with Crippen molar-refractivity contribution >= 4 is 0 Å². The van der Waals surface area contributed by atoms with Gasteiger partial charge in [-0.05, 0) is 25.3 Å². The van der Waals surface area contributed by atoms with Gasteiger partial charge in [-0.1, -0.05) is 13.8 Å². The predicted molar refractivity (Wildman–Crippen MR) is 70.4 cm³/mol. The Morgan fingerprint density at radius 2 is 2.33 bits per heavy atom. The number of aliphatic hydroxyl groups is 1. The van der Waals surface area contributed by atoms with Crippen molar-refractivity contribution in [3.8, 4) is 0 Å². The van der Waals surface area contributed by atoms with E-state index in [-0.39, 0.29) is 6.10 Å². The van der Waals surface area contributed by atoms with Gasteiger partial charge in [0.25, 0.3) is 0 Å². The molecule has 0 bridgehead atoms. The molecule has 0 amide bonds. The maximum Gasteiger partial charge on any atom is 0.0749 e. The Morgan fingerprint density at radius 1 is 1.61 bits per heavy atom. The topological polar surface area (TPSA) is 47.3 Å². The summed E-state index contributed by atoms with van der Waals surface area (Å²) in [6.45, 7) is 6.92. The zero-order valence-corrected chi connectivity index (χ0v) is 11.8. The summed E-state index contributed by atoms with van der Waals surface area (Å²) in [4.78, 5) is 0. The van der Waals surface area contributed by atoms with E-state index in [0.29, 0.717) is 25.4 Å². The molecule has 2 unspecified atom stereocenters. The van der Waals surface area contributed by atoms with E-state index in [1.807, 2.05) is 18.7 Å². The number of ether oxygens (including phenoxy) is 1. The number of aromatic nitrogens is 2. The molecule has 4 heteroatoms. The smallest absolute Gasteiger partial charge is 0.0749 e. The molecule has 1 aromatic heterocycles. The maximum atomic E-state index is 10.8. The van der Waals surface area contributed by atoms with Crippen molar-refractivity contribution < 1.29 is 9.84 Å². The third kappa shape index (κ3) is 2.93. The average Bonchev–Trinajstić information content (AvgIpc) is 2.56. The lowest BCUT2D eigenvalue weighted by molar-refractivity contribution is -0.117. The molecule has 0 radical (unpaired) electrons. The van der Waals surface area contributed by atoms with Gasteiger partial charge < -0.3 is 9.84 Å². The van der Waals surface area contributed by atoms with Gasteiger partial charge in [0.05, 0.1) is 17.4 Å². The van der Waals surface area contributed by atoms with Gasteiger partial charge >= 0.3 is 0 Å². The summed E-state index contributed by atoms with van der Waals surface area (Å²) in [5.41, 5.74) is 1.45. The van der Waals surface area contributed by atoms with Crippen LogP contribution in [-0.2, 0) is 18.2 Å². The molecule has 0 spiro atoms. The van der Waals surface area contributed by atoms with E-state index in [4.69, 9.17) is 4.74 Å². The van der Waals surface area contributed by atoms with Crippen LogP contribution < -0.4 is 0 Å². The fraction of sp³-hybridized carbons (Fsp3) is 0.786. The van der Waals surface area contributed by atoms with E-state index in [0.717, 1.165) is 17.8 Å². The lowest BCUT2D eigenvalue weighted by Crippen LogP contribution is -2.44. The summed E-state index contributed by atoms with van der Waals surface area (Å²) in [6, 6.07) is 2.05. The number of nitrogens with zero attached hydrogens (tertiary/aromatic N) is 2. The average molecular weight is 252 g/mol. The summed E-state index contributed by atoms with van der Waals surface area (Å²) in [5.74, 6) is 0.449. The Hall–Kier alpha value is -0.870. The first-order valence-electron chi connectivity index (χ1n) is 6.73. The minimum Gasteiger partial charge on any atom is -0.389 e. The molecule has 2 rings (SSSR count). The Labute approximate surface area is 109 Å². The number of hydrogen-bond acceptors (Lipinski definition) is 3. The molecule has 18 heavy (non-hydrogen) atoms. The van der Waals surface area contributed by atoms with Gasteiger partial charge in [-0.3, -0.25) is 4.68 Å². The van der Waals surface area contributed by atoms with E-state index in [1.54, 1.807) is 0 Å². The molecule has 0 saturated carbocycles. The van der Waals surface area contributed by atoms with Gasteiger partial charge in [-0.25, -0.2) is 0 Å². The molecule has 1 aliphatic rings. The Bertz CT molecular complexity index is 414. The molecular formula is C14H24N2O2. The molecule has 2 heterocycles. The van der Waals surface area contributed by atoms with Crippen LogP contribution in [0.1, 0.15) is 38.1 Å². The zero-order chi connectivity index (χ0) is 13.3. The summed E-state index contributed by atoms with van der Waals surface area (Å²) in [7, 11) is 1.94. The van der Waals surface area contributed by atoms with Crippen LogP contribution in [0.3, 0.4) is 0 Å². The van der Waals surface area contributed by atoms with Crippen LogP contribution in [0.15, 0.2) is 6.07 Å². The molecule has 102 valence electrons. The highest BCUT2D eigenvalue weighted by atomic mass is 16.5. The fourth-order valence-corrected chi connectivity index (χ4v) is 2.69. The monoisotopic (exact) mass is 252 g/mol. The fourth-order valence-electron chi connectivity index (χ4n) is 2.69. The van der Waals surface area contributed by atoms with Crippen molar-refractivity contribution in [2.24, 2.45) is 13.0 Å². The van der Waals surface area contributed by atoms with Gasteiger partial charge in [0.1, 0.15) is 0 Å². The summed E-state index contributed by atoms with van der Waals surface area (Å²) in [5, 5.41) is 15.1. The molecule has 1 N–H and O–H groups in total. The van der Waals surface area contributed by atoms with Gasteiger partial charge in [0, 0.05) is 32.2 Å². The van der Waals surface area contributed by atoms with E-state index < -0.39 is 5.60 Å². The van der Waals surface area contributed by atoms with Crippen molar-refractivity contribution in [3.05, 3.63) is 17.5 Å². The third-order valence-corrected chi connectivity index (χ3v) is 3.83. The van der Waals surface area contributed by atoms with Gasteiger partial charge in [-0.2, -0.15) is 5.10 Å². The van der Waals surface area contributed by atoms with E-state index in [1.165, 1.54) is 0 Å². The van der Waals surface area contributed by atoms with Gasteiger partial charge in [-0.15, -0.1) is 0 Å². The molecule has 2 atom stereocenters. The Balaban J connectivity index is 2.09. The van der Waals surface area contributed by atoms with Crippen molar-refractivity contribution in [2.75, 3.05) is 6.61 Å². The second-order valence-corrected chi connectivity index (χ2v) is 5.91. The molecule has 1 aromatic rings. The predicted octanol–water partition coefficient (Wildman–Crippen LogP) is 1.84. The van der Waals surface area contributed by atoms with E-state index >= 15 is 0 Å². The van der Waals surface area contributed by atoms with Crippen molar-refractivity contribution in [3.63, 3.8) is 0 Å². The Morgan fingerprint density at radius 3 is 2.89 bits per heavy atom. The quantitative estimate of drug-likeness (QED) is 0.893. The minimum atomic E-state index is -0.645. The highest BCUT2D eigenvalue weighted by molar-refractivity contribution is 5.12. The number of aryl methyl sites for hydroxylation is 2. The molecule has 0 aliphatic carbocycles. The van der Waals surface area contributed by atoms with Crippen LogP contribution in [0.5, 0.6) is 0 Å². The highest BCUT2D eigenvalue weighted by Gasteiger charge is 2.37. The van der Waals surface area contributed by atoms with Crippen molar-refractivity contribution in [1.82, 2.24) is 9.78 Å². The van der Waals surface area contributed by atoms with Crippen LogP contribution in [0.25, 0.3) is 0 Å². The second-order valence-electron chi connectivity index (χ2n) is 5.91. The summed E-state index contributed by atoms with van der Waals surface area (Å²) in [6.07, 6.45) is 2.25. The van der Waals surface area contributed by atoms with Crippen LogP contribution in [0.4, 0.5) is 0 Å². The molecular weight excluding hydrogens is 228 g/mol. The van der Waals surface area contributed by atoms with Gasteiger partial charge in [0.2, 0.25) is 0 Å². The SMILES string of the molecule is Cc1cc(CC2(O)CCOC(C(C)C)C2)n(C)n1. The lowest BCUT2D eigenvalue weighted by Gasteiger charge is -2.38. The molecule has 1 fully saturated rings. The van der Waals surface area contributed by atoms with Crippen molar-refractivity contribution in [2.45, 2.75) is 51.7 Å². The minimum absolute atomic E-state index is 0.165. The first kappa shape index (κ1) is 13.6. The van der Waals surface area contributed by atoms with Crippen LogP contribution in [0.2, 0.25) is 0 Å². The van der Waals surface area contributed by atoms with Gasteiger partial charge in [0.15, 0.2) is 0 Å². The maximum absolute atomic E-state index is 10.8. The Kier molecular flexibility index (Phi) is 3.78. The van der Waals surface area contributed by atoms with Crippen LogP contribution in [0, 0.1) is 12.8 Å². The molecule has 4 nitrogen and oxygen atoms in total. The normalized spacial score (nSPS) is 28.9. The standard InChI is InChI=1S/C14H24N2O2/c1-10(2)13-9-14(17,5-6-18-13)8-12-7-11(3)15-16(12)4/h7,10,13,17H,5-6,8-9H2,1-4H3. The molecule has 1 aliphatic heterocycles. The van der Waals surface area contributed by atoms with E-state index in [2.05, 4.69) is 25.0 Å². The summed E-state index contributed by atoms with van der Waals surface area (Å²) >= 11 is 0. The summed E-state index contributed by atoms with van der Waals surface area (Å²) < 4.78 is 7.59. The lowest BCUT2D eigenvalue weighted by atomic mass is 9.83. The largest absolute Gasteiger partial charge is 0.389 e. The first-order valence-corrected chi connectivity index (χ1v) is 6.73. The highest BCUT2D eigenvalue weighted by Crippen LogP contribution is 2.31. The van der Waals surface area contributed by atoms with Crippen LogP contribution in [-0.4, -0.2) is 33.2 Å². The molecule has 0 aromatic carbocycles. The number of hydrogen-bond donors (Lipinski definition) is 1. The third-order valence-electron chi connectivity index (χ3n) is 3.83. The first-order chi connectivity index (χ1) is 8.39. The van der Waals surface area contributed by atoms with E-state index in [9.17, 15) is 5.11 Å². The van der Waals surface area contributed by atoms with Crippen LogP contribution >= 0.6 is 0 Å². The second kappa shape index (κ2) is 5.02. The number of rotatable bonds is 3. The zero-order valence-electron chi connectivity index (χ0n) is 11.8. The van der Waals surface area contributed by atoms with Crippen molar-refractivity contribution in [1.29, 1.82) is 0 Å². The molecule has 1 saturated heterocycles.